The maximum absolute atomic E-state index is 13.2. The number of nitrogens with one attached hydrogen (secondary N) is 1. The fourth-order valence-electron chi connectivity index (χ4n) is 5.22. The molecular weight excluding hydrogens is 422 g/mol. The van der Waals surface area contributed by atoms with Crippen LogP contribution in [-0.4, -0.2) is 62.8 Å². The van der Waals surface area contributed by atoms with Gasteiger partial charge in [0.2, 0.25) is 15.9 Å². The summed E-state index contributed by atoms with van der Waals surface area (Å²) in [4.78, 5) is 15.5. The lowest BCUT2D eigenvalue weighted by Crippen LogP contribution is -2.55. The molecule has 1 aliphatic carbocycles. The third-order valence-corrected chi connectivity index (χ3v) is 9.40. The number of nitrogens with zero attached hydrogens (tertiary/aromatic N) is 2. The topological polar surface area (TPSA) is 69.7 Å². The van der Waals surface area contributed by atoms with E-state index in [2.05, 4.69) is 24.3 Å². The maximum atomic E-state index is 13.2. The molecule has 0 unspecified atom stereocenters. The van der Waals surface area contributed by atoms with E-state index in [4.69, 9.17) is 0 Å². The summed E-state index contributed by atoms with van der Waals surface area (Å²) in [5.74, 6) is -0.0552. The van der Waals surface area contributed by atoms with E-state index in [9.17, 15) is 13.2 Å². The van der Waals surface area contributed by atoms with Gasteiger partial charge in [-0.25, -0.2) is 8.42 Å². The minimum absolute atomic E-state index is 0.0496. The Bertz CT molecular complexity index is 1050. The lowest BCUT2D eigenvalue weighted by atomic mass is 9.80. The number of benzene rings is 2. The van der Waals surface area contributed by atoms with Crippen LogP contribution in [0.25, 0.3) is 10.8 Å². The second-order valence-electron chi connectivity index (χ2n) is 9.58. The molecule has 1 amide bonds. The zero-order valence-electron chi connectivity index (χ0n) is 19.2. The number of carbonyl (C=O) groups is 1. The van der Waals surface area contributed by atoms with Gasteiger partial charge in [0, 0.05) is 31.1 Å². The lowest BCUT2D eigenvalue weighted by molar-refractivity contribution is -0.126. The van der Waals surface area contributed by atoms with Gasteiger partial charge in [-0.1, -0.05) is 49.6 Å². The average Bonchev–Trinajstić information content (AvgIpc) is 2.82. The number of fused-ring (bicyclic) bond motifs is 1. The zero-order valence-corrected chi connectivity index (χ0v) is 20.0. The highest BCUT2D eigenvalue weighted by atomic mass is 32.2. The van der Waals surface area contributed by atoms with Crippen LogP contribution < -0.4 is 5.32 Å². The van der Waals surface area contributed by atoms with E-state index in [0.717, 1.165) is 23.6 Å². The molecule has 0 bridgehead atoms. The second-order valence-corrected chi connectivity index (χ2v) is 11.5. The molecule has 0 radical (unpaired) electrons. The quantitative estimate of drug-likeness (QED) is 0.719. The SMILES string of the molecule is CN(C)C1(CNC(=O)C2CCN(S(=O)(=O)c3ccc4ccccc4c3)CC2)CCCCC1. The summed E-state index contributed by atoms with van der Waals surface area (Å²) in [6.45, 7) is 1.44. The van der Waals surface area contributed by atoms with Crippen molar-refractivity contribution in [1.82, 2.24) is 14.5 Å². The molecule has 0 aromatic heterocycles. The van der Waals surface area contributed by atoms with Crippen molar-refractivity contribution in [2.24, 2.45) is 5.92 Å². The molecule has 1 aliphatic heterocycles. The van der Waals surface area contributed by atoms with Gasteiger partial charge in [0.15, 0.2) is 0 Å². The van der Waals surface area contributed by atoms with Crippen molar-refractivity contribution in [3.05, 3.63) is 42.5 Å². The first-order valence-electron chi connectivity index (χ1n) is 11.8. The van der Waals surface area contributed by atoms with Crippen LogP contribution in [-0.2, 0) is 14.8 Å². The minimum atomic E-state index is -3.56. The first-order valence-corrected chi connectivity index (χ1v) is 13.2. The van der Waals surface area contributed by atoms with E-state index >= 15 is 0 Å². The predicted octanol–water partition coefficient (Wildman–Crippen LogP) is 3.62. The van der Waals surface area contributed by atoms with E-state index < -0.39 is 10.0 Å². The van der Waals surface area contributed by atoms with Gasteiger partial charge in [-0.3, -0.25) is 4.79 Å². The van der Waals surface area contributed by atoms with Gasteiger partial charge in [-0.15, -0.1) is 0 Å². The van der Waals surface area contributed by atoms with Crippen molar-refractivity contribution < 1.29 is 13.2 Å². The molecule has 174 valence electrons. The average molecular weight is 458 g/mol. The van der Waals surface area contributed by atoms with E-state index in [1.54, 1.807) is 12.1 Å². The Labute approximate surface area is 192 Å². The molecule has 0 spiro atoms. The number of carbonyl (C=O) groups excluding carboxylic acids is 1. The molecule has 1 heterocycles. The Morgan fingerprint density at radius 1 is 1.03 bits per heavy atom. The van der Waals surface area contributed by atoms with Gasteiger partial charge >= 0.3 is 0 Å². The fourth-order valence-corrected chi connectivity index (χ4v) is 6.73. The predicted molar refractivity (Wildman–Crippen MR) is 128 cm³/mol. The molecule has 7 heteroatoms. The van der Waals surface area contributed by atoms with Gasteiger partial charge in [0.05, 0.1) is 4.90 Å². The number of likely N-dealkylation sites (N-methyl/N-ethyl adjacent to an activating group) is 1. The highest BCUT2D eigenvalue weighted by Gasteiger charge is 2.36. The Balaban J connectivity index is 1.36. The molecule has 2 fully saturated rings. The van der Waals surface area contributed by atoms with Gasteiger partial charge in [0.1, 0.15) is 0 Å². The Morgan fingerprint density at radius 2 is 1.69 bits per heavy atom. The van der Waals surface area contributed by atoms with E-state index in [-0.39, 0.29) is 17.4 Å². The van der Waals surface area contributed by atoms with Crippen LogP contribution in [0.3, 0.4) is 0 Å². The normalized spacial score (nSPS) is 20.5. The third-order valence-electron chi connectivity index (χ3n) is 7.51. The van der Waals surface area contributed by atoms with Crippen LogP contribution in [0.1, 0.15) is 44.9 Å². The summed E-state index contributed by atoms with van der Waals surface area (Å²) in [6.07, 6.45) is 7.04. The number of hydrogen-bond donors (Lipinski definition) is 1. The summed E-state index contributed by atoms with van der Waals surface area (Å²) < 4.78 is 27.9. The summed E-state index contributed by atoms with van der Waals surface area (Å²) in [7, 11) is 0.651. The van der Waals surface area contributed by atoms with Gasteiger partial charge in [0.25, 0.3) is 0 Å². The lowest BCUT2D eigenvalue weighted by Gasteiger charge is -2.43. The van der Waals surface area contributed by atoms with E-state index in [1.165, 1.54) is 23.6 Å². The number of hydrogen-bond acceptors (Lipinski definition) is 4. The van der Waals surface area contributed by atoms with Crippen molar-refractivity contribution in [3.63, 3.8) is 0 Å². The van der Waals surface area contributed by atoms with Crippen LogP contribution in [0.4, 0.5) is 0 Å². The Morgan fingerprint density at radius 3 is 2.34 bits per heavy atom. The molecule has 2 aromatic carbocycles. The Hall–Kier alpha value is -1.96. The van der Waals surface area contributed by atoms with Crippen molar-refractivity contribution in [3.8, 4) is 0 Å². The van der Waals surface area contributed by atoms with Crippen LogP contribution >= 0.6 is 0 Å². The molecule has 32 heavy (non-hydrogen) atoms. The van der Waals surface area contributed by atoms with Crippen LogP contribution in [0, 0.1) is 5.92 Å². The van der Waals surface area contributed by atoms with Crippen molar-refractivity contribution in [1.29, 1.82) is 0 Å². The first-order chi connectivity index (χ1) is 15.3. The largest absolute Gasteiger partial charge is 0.354 e. The maximum Gasteiger partial charge on any atom is 0.243 e. The molecule has 1 saturated carbocycles. The zero-order chi connectivity index (χ0) is 22.8. The number of sulfonamides is 1. The van der Waals surface area contributed by atoms with Crippen molar-refractivity contribution in [2.45, 2.75) is 55.4 Å². The third kappa shape index (κ3) is 4.70. The van der Waals surface area contributed by atoms with Crippen molar-refractivity contribution in [2.75, 3.05) is 33.7 Å². The first kappa shape index (κ1) is 23.2. The van der Waals surface area contributed by atoms with Gasteiger partial charge in [-0.05, 0) is 62.7 Å². The number of rotatable bonds is 6. The number of piperidine rings is 1. The Kier molecular flexibility index (Phi) is 6.89. The summed E-state index contributed by atoms with van der Waals surface area (Å²) in [5, 5.41) is 5.14. The molecule has 1 N–H and O–H groups in total. The standard InChI is InChI=1S/C25H35N3O3S/c1-27(2)25(14-6-3-7-15-25)19-26-24(29)21-12-16-28(17-13-21)32(30,31)23-11-10-20-8-4-5-9-22(20)18-23/h4-5,8-11,18,21H,3,6-7,12-17,19H2,1-2H3,(H,26,29). The van der Waals surface area contributed by atoms with E-state index in [1.807, 2.05) is 30.3 Å². The molecule has 6 nitrogen and oxygen atoms in total. The summed E-state index contributed by atoms with van der Waals surface area (Å²) >= 11 is 0. The van der Waals surface area contributed by atoms with Crippen molar-refractivity contribution >= 4 is 26.7 Å². The molecule has 1 saturated heterocycles. The highest BCUT2D eigenvalue weighted by Crippen LogP contribution is 2.32. The molecule has 2 aromatic rings. The second kappa shape index (κ2) is 9.49. The molecule has 4 rings (SSSR count). The van der Waals surface area contributed by atoms with Crippen LogP contribution in [0.5, 0.6) is 0 Å². The van der Waals surface area contributed by atoms with Crippen LogP contribution in [0.2, 0.25) is 0 Å². The fraction of sp³-hybridized carbons (Fsp3) is 0.560. The molecule has 2 aliphatic rings. The smallest absolute Gasteiger partial charge is 0.243 e. The number of amides is 1. The van der Waals surface area contributed by atoms with E-state index in [0.29, 0.717) is 37.4 Å². The highest BCUT2D eigenvalue weighted by molar-refractivity contribution is 7.89. The molecular formula is C25H35N3O3S. The summed E-state index contributed by atoms with van der Waals surface area (Å²) in [5.41, 5.74) is 0.0496. The monoisotopic (exact) mass is 457 g/mol. The van der Waals surface area contributed by atoms with Gasteiger partial charge < -0.3 is 10.2 Å². The molecule has 0 atom stereocenters. The van der Waals surface area contributed by atoms with Crippen LogP contribution in [0.15, 0.2) is 47.4 Å². The minimum Gasteiger partial charge on any atom is -0.354 e. The summed E-state index contributed by atoms with van der Waals surface area (Å²) in [6, 6.07) is 13.0. The van der Waals surface area contributed by atoms with Gasteiger partial charge in [-0.2, -0.15) is 4.31 Å².